The lowest BCUT2D eigenvalue weighted by Crippen LogP contribution is -1.98. The van der Waals surface area contributed by atoms with Gasteiger partial charge in [-0.3, -0.25) is 0 Å². The lowest BCUT2D eigenvalue weighted by Gasteiger charge is -2.04. The smallest absolute Gasteiger partial charge is 0.0466 e. The van der Waals surface area contributed by atoms with Crippen molar-refractivity contribution in [2.24, 2.45) is 0 Å². The molecule has 0 saturated heterocycles. The van der Waals surface area contributed by atoms with Crippen LogP contribution in [0.15, 0.2) is 0 Å². The minimum Gasteiger partial charge on any atom is -0.381 e. The molecule has 0 heterocycles. The SMILES string of the molecule is [CH2]CCCCCOCCCCCCOCCC. The zero-order valence-corrected chi connectivity index (χ0v) is 11.7. The Balaban J connectivity index is 2.85. The molecule has 0 bridgehead atoms. The minimum absolute atomic E-state index is 0.913. The number of unbranched alkanes of at least 4 members (excludes halogenated alkanes) is 6. The van der Waals surface area contributed by atoms with E-state index < -0.39 is 0 Å². The van der Waals surface area contributed by atoms with Gasteiger partial charge in [0.2, 0.25) is 0 Å². The van der Waals surface area contributed by atoms with Crippen molar-refractivity contribution in [3.8, 4) is 0 Å². The van der Waals surface area contributed by atoms with E-state index in [1.54, 1.807) is 0 Å². The third kappa shape index (κ3) is 15.9. The first-order valence-electron chi connectivity index (χ1n) is 7.36. The molecule has 103 valence electrons. The quantitative estimate of drug-likeness (QED) is 0.421. The van der Waals surface area contributed by atoms with Crippen molar-refractivity contribution in [1.29, 1.82) is 0 Å². The molecular formula is C15H31O2. The van der Waals surface area contributed by atoms with Crippen molar-refractivity contribution in [3.05, 3.63) is 6.92 Å². The number of rotatable bonds is 14. The highest BCUT2D eigenvalue weighted by atomic mass is 16.5. The first kappa shape index (κ1) is 16.9. The maximum atomic E-state index is 5.57. The van der Waals surface area contributed by atoms with E-state index in [1.807, 2.05) is 0 Å². The van der Waals surface area contributed by atoms with E-state index >= 15 is 0 Å². The second-order valence-corrected chi connectivity index (χ2v) is 4.55. The summed E-state index contributed by atoms with van der Waals surface area (Å²) in [5.74, 6) is 0. The van der Waals surface area contributed by atoms with Gasteiger partial charge in [0.25, 0.3) is 0 Å². The molecule has 0 saturated carbocycles. The molecule has 2 nitrogen and oxygen atoms in total. The third-order valence-electron chi connectivity index (χ3n) is 2.71. The molecule has 0 unspecified atom stereocenters. The van der Waals surface area contributed by atoms with Crippen LogP contribution in [0.5, 0.6) is 0 Å². The van der Waals surface area contributed by atoms with Gasteiger partial charge in [-0.25, -0.2) is 0 Å². The van der Waals surface area contributed by atoms with Crippen molar-refractivity contribution >= 4 is 0 Å². The van der Waals surface area contributed by atoms with E-state index in [4.69, 9.17) is 9.47 Å². The van der Waals surface area contributed by atoms with Crippen molar-refractivity contribution < 1.29 is 9.47 Å². The Labute approximate surface area is 108 Å². The normalized spacial score (nSPS) is 10.9. The highest BCUT2D eigenvalue weighted by Crippen LogP contribution is 2.02. The van der Waals surface area contributed by atoms with E-state index in [0.717, 1.165) is 39.3 Å². The van der Waals surface area contributed by atoms with Crippen molar-refractivity contribution in [2.45, 2.75) is 64.7 Å². The summed E-state index contributed by atoms with van der Waals surface area (Å²) in [7, 11) is 0. The Bertz CT molecular complexity index is 112. The van der Waals surface area contributed by atoms with Crippen LogP contribution in [-0.4, -0.2) is 26.4 Å². The Morgan fingerprint density at radius 1 is 0.647 bits per heavy atom. The average Bonchev–Trinajstić information content (AvgIpc) is 2.35. The van der Waals surface area contributed by atoms with Crippen LogP contribution >= 0.6 is 0 Å². The molecule has 0 aromatic rings. The summed E-state index contributed by atoms with van der Waals surface area (Å²) in [6.45, 7) is 9.68. The molecule has 2 heteroatoms. The standard InChI is InChI=1S/C15H31O2/c1-3-5-6-9-14-17-15-11-8-7-10-13-16-12-4-2/h1,3-15H2,2H3. The van der Waals surface area contributed by atoms with Gasteiger partial charge in [-0.05, 0) is 25.7 Å². The van der Waals surface area contributed by atoms with Crippen LogP contribution in [0.3, 0.4) is 0 Å². The molecule has 0 aromatic heterocycles. The molecule has 0 N–H and O–H groups in total. The Hall–Kier alpha value is -0.0800. The lowest BCUT2D eigenvalue weighted by molar-refractivity contribution is 0.119. The topological polar surface area (TPSA) is 18.5 Å². The fraction of sp³-hybridized carbons (Fsp3) is 0.933. The second kappa shape index (κ2) is 15.9. The van der Waals surface area contributed by atoms with Crippen molar-refractivity contribution in [1.82, 2.24) is 0 Å². The van der Waals surface area contributed by atoms with Crippen LogP contribution in [-0.2, 0) is 9.47 Å². The Kier molecular flexibility index (Phi) is 15.8. The highest BCUT2D eigenvalue weighted by molar-refractivity contribution is 4.45. The van der Waals surface area contributed by atoms with Gasteiger partial charge in [-0.1, -0.05) is 46.0 Å². The maximum absolute atomic E-state index is 5.57. The molecule has 0 spiro atoms. The van der Waals surface area contributed by atoms with Crippen LogP contribution < -0.4 is 0 Å². The summed E-state index contributed by atoms with van der Waals surface area (Å²) in [5.41, 5.74) is 0. The van der Waals surface area contributed by atoms with E-state index in [0.29, 0.717) is 0 Å². The average molecular weight is 243 g/mol. The van der Waals surface area contributed by atoms with Gasteiger partial charge < -0.3 is 9.47 Å². The summed E-state index contributed by atoms with van der Waals surface area (Å²) in [4.78, 5) is 0. The number of hydrogen-bond donors (Lipinski definition) is 0. The monoisotopic (exact) mass is 243 g/mol. The van der Waals surface area contributed by atoms with Gasteiger partial charge in [-0.2, -0.15) is 0 Å². The zero-order valence-electron chi connectivity index (χ0n) is 11.7. The van der Waals surface area contributed by atoms with Crippen LogP contribution in [0.2, 0.25) is 0 Å². The molecule has 0 aliphatic heterocycles. The molecule has 0 aliphatic carbocycles. The molecule has 0 atom stereocenters. The van der Waals surface area contributed by atoms with Gasteiger partial charge in [0, 0.05) is 26.4 Å². The second-order valence-electron chi connectivity index (χ2n) is 4.55. The van der Waals surface area contributed by atoms with Crippen LogP contribution in [0, 0.1) is 6.92 Å². The van der Waals surface area contributed by atoms with Gasteiger partial charge >= 0.3 is 0 Å². The van der Waals surface area contributed by atoms with Gasteiger partial charge in [0.1, 0.15) is 0 Å². The molecule has 0 rings (SSSR count). The summed E-state index contributed by atoms with van der Waals surface area (Å²) in [6.07, 6.45) is 10.8. The van der Waals surface area contributed by atoms with Crippen molar-refractivity contribution in [3.63, 3.8) is 0 Å². The first-order chi connectivity index (χ1) is 8.41. The van der Waals surface area contributed by atoms with Crippen LogP contribution in [0.4, 0.5) is 0 Å². The Morgan fingerprint density at radius 2 is 1.12 bits per heavy atom. The fourth-order valence-corrected chi connectivity index (χ4v) is 1.67. The molecule has 17 heavy (non-hydrogen) atoms. The summed E-state index contributed by atoms with van der Waals surface area (Å²) < 4.78 is 11.0. The maximum Gasteiger partial charge on any atom is 0.0466 e. The highest BCUT2D eigenvalue weighted by Gasteiger charge is 1.92. The predicted molar refractivity (Wildman–Crippen MR) is 74.2 cm³/mol. The predicted octanol–water partition coefficient (Wildman–Crippen LogP) is 4.38. The largest absolute Gasteiger partial charge is 0.381 e. The summed E-state index contributed by atoms with van der Waals surface area (Å²) in [5, 5.41) is 0. The van der Waals surface area contributed by atoms with E-state index in [2.05, 4.69) is 13.8 Å². The third-order valence-corrected chi connectivity index (χ3v) is 2.71. The van der Waals surface area contributed by atoms with E-state index in [1.165, 1.54) is 44.9 Å². The number of ether oxygens (including phenoxy) is 2. The fourth-order valence-electron chi connectivity index (χ4n) is 1.67. The summed E-state index contributed by atoms with van der Waals surface area (Å²) in [6, 6.07) is 0. The van der Waals surface area contributed by atoms with E-state index in [-0.39, 0.29) is 0 Å². The molecule has 0 fully saturated rings. The van der Waals surface area contributed by atoms with Crippen molar-refractivity contribution in [2.75, 3.05) is 26.4 Å². The van der Waals surface area contributed by atoms with E-state index in [9.17, 15) is 0 Å². The summed E-state index contributed by atoms with van der Waals surface area (Å²) >= 11 is 0. The van der Waals surface area contributed by atoms with Gasteiger partial charge in [0.15, 0.2) is 0 Å². The van der Waals surface area contributed by atoms with Gasteiger partial charge in [0.05, 0.1) is 0 Å². The number of hydrogen-bond acceptors (Lipinski definition) is 2. The molecule has 0 aliphatic rings. The van der Waals surface area contributed by atoms with Crippen LogP contribution in [0.1, 0.15) is 64.7 Å². The zero-order chi connectivity index (χ0) is 12.6. The van der Waals surface area contributed by atoms with Crippen LogP contribution in [0.25, 0.3) is 0 Å². The molecule has 1 radical (unpaired) electrons. The lowest BCUT2D eigenvalue weighted by atomic mass is 10.2. The molecule has 0 amide bonds. The minimum atomic E-state index is 0.913. The molecule has 0 aromatic carbocycles. The Morgan fingerprint density at radius 3 is 1.59 bits per heavy atom. The van der Waals surface area contributed by atoms with Gasteiger partial charge in [-0.15, -0.1) is 0 Å². The first-order valence-corrected chi connectivity index (χ1v) is 7.36. The molecular weight excluding hydrogens is 212 g/mol.